The number of halogens is 1. The van der Waals surface area contributed by atoms with E-state index < -0.39 is 12.0 Å². The first-order valence-corrected chi connectivity index (χ1v) is 8.61. The SMILES string of the molecule is CC(C)NC(=O)c1ccc(Cl)c(NC(=O)C2COc3ccccc3O2)c1. The maximum Gasteiger partial charge on any atom is 0.269 e. The number of nitrogens with one attached hydrogen (secondary N) is 2. The zero-order valence-corrected chi connectivity index (χ0v) is 15.2. The van der Waals surface area contributed by atoms with Gasteiger partial charge in [-0.25, -0.2) is 0 Å². The highest BCUT2D eigenvalue weighted by Gasteiger charge is 2.27. The van der Waals surface area contributed by atoms with Crippen molar-refractivity contribution in [3.63, 3.8) is 0 Å². The number of para-hydroxylation sites is 2. The third-order valence-corrected chi connectivity index (χ3v) is 4.04. The van der Waals surface area contributed by atoms with Crippen LogP contribution in [0.5, 0.6) is 11.5 Å². The summed E-state index contributed by atoms with van der Waals surface area (Å²) in [5.41, 5.74) is 0.750. The number of benzene rings is 2. The van der Waals surface area contributed by atoms with Crippen LogP contribution in [0, 0.1) is 0 Å². The molecule has 1 aliphatic rings. The van der Waals surface area contributed by atoms with Gasteiger partial charge in [-0.3, -0.25) is 9.59 Å². The summed E-state index contributed by atoms with van der Waals surface area (Å²) in [5.74, 6) is 0.471. The molecular formula is C19H19ClN2O4. The molecule has 1 unspecified atom stereocenters. The normalized spacial score (nSPS) is 15.5. The van der Waals surface area contributed by atoms with Gasteiger partial charge in [0.05, 0.1) is 10.7 Å². The quantitative estimate of drug-likeness (QED) is 0.861. The maximum absolute atomic E-state index is 12.5. The highest BCUT2D eigenvalue weighted by molar-refractivity contribution is 6.34. The van der Waals surface area contributed by atoms with Crippen molar-refractivity contribution in [3.05, 3.63) is 53.1 Å². The van der Waals surface area contributed by atoms with Gasteiger partial charge < -0.3 is 20.1 Å². The Hall–Kier alpha value is -2.73. The van der Waals surface area contributed by atoms with Crippen LogP contribution in [0.4, 0.5) is 5.69 Å². The number of anilines is 1. The first-order valence-electron chi connectivity index (χ1n) is 8.24. The van der Waals surface area contributed by atoms with E-state index in [0.29, 0.717) is 27.8 Å². The van der Waals surface area contributed by atoms with Gasteiger partial charge in [0.15, 0.2) is 11.5 Å². The topological polar surface area (TPSA) is 76.7 Å². The average Bonchev–Trinajstić information content (AvgIpc) is 2.62. The van der Waals surface area contributed by atoms with E-state index in [9.17, 15) is 9.59 Å². The van der Waals surface area contributed by atoms with E-state index in [1.807, 2.05) is 19.9 Å². The molecule has 0 saturated carbocycles. The van der Waals surface area contributed by atoms with E-state index in [-0.39, 0.29) is 18.6 Å². The fourth-order valence-electron chi connectivity index (χ4n) is 2.47. The first kappa shape index (κ1) is 18.1. The summed E-state index contributed by atoms with van der Waals surface area (Å²) in [6.07, 6.45) is -0.811. The summed E-state index contributed by atoms with van der Waals surface area (Å²) >= 11 is 6.15. The van der Waals surface area contributed by atoms with Crippen LogP contribution in [0.2, 0.25) is 5.02 Å². The van der Waals surface area contributed by atoms with Crippen LogP contribution in [0.1, 0.15) is 24.2 Å². The Bertz CT molecular complexity index is 838. The number of carbonyl (C=O) groups excluding carboxylic acids is 2. The van der Waals surface area contributed by atoms with Gasteiger partial charge in [-0.15, -0.1) is 0 Å². The molecule has 3 rings (SSSR count). The Kier molecular flexibility index (Phi) is 5.32. The van der Waals surface area contributed by atoms with E-state index in [0.717, 1.165) is 0 Å². The molecule has 2 aromatic rings. The van der Waals surface area contributed by atoms with Gasteiger partial charge >= 0.3 is 0 Å². The van der Waals surface area contributed by atoms with E-state index in [4.69, 9.17) is 21.1 Å². The molecular weight excluding hydrogens is 356 g/mol. The molecule has 0 fully saturated rings. The highest BCUT2D eigenvalue weighted by Crippen LogP contribution is 2.31. The fourth-order valence-corrected chi connectivity index (χ4v) is 2.63. The first-order chi connectivity index (χ1) is 12.4. The zero-order valence-electron chi connectivity index (χ0n) is 14.4. The number of hydrogen-bond donors (Lipinski definition) is 2. The van der Waals surface area contributed by atoms with E-state index in [2.05, 4.69) is 10.6 Å². The molecule has 2 aromatic carbocycles. The molecule has 6 nitrogen and oxygen atoms in total. The van der Waals surface area contributed by atoms with Gasteiger partial charge in [-0.1, -0.05) is 23.7 Å². The summed E-state index contributed by atoms with van der Waals surface area (Å²) in [5, 5.41) is 5.83. The zero-order chi connectivity index (χ0) is 18.7. The number of hydrogen-bond acceptors (Lipinski definition) is 4. The lowest BCUT2D eigenvalue weighted by Gasteiger charge is -2.25. The van der Waals surface area contributed by atoms with Crippen molar-refractivity contribution >= 4 is 29.1 Å². The molecule has 0 radical (unpaired) electrons. The largest absolute Gasteiger partial charge is 0.485 e. The van der Waals surface area contributed by atoms with E-state index in [1.165, 1.54) is 6.07 Å². The summed E-state index contributed by atoms with van der Waals surface area (Å²) in [7, 11) is 0. The van der Waals surface area contributed by atoms with E-state index >= 15 is 0 Å². The monoisotopic (exact) mass is 374 g/mol. The molecule has 2 amide bonds. The molecule has 0 spiro atoms. The van der Waals surface area contributed by atoms with Crippen molar-refractivity contribution in [3.8, 4) is 11.5 Å². The fraction of sp³-hybridized carbons (Fsp3) is 0.263. The number of carbonyl (C=O) groups is 2. The van der Waals surface area contributed by atoms with Crippen LogP contribution in [-0.2, 0) is 4.79 Å². The molecule has 0 aliphatic carbocycles. The van der Waals surface area contributed by atoms with Crippen LogP contribution >= 0.6 is 11.6 Å². The Labute approximate surface area is 156 Å². The Morgan fingerprint density at radius 1 is 1.15 bits per heavy atom. The van der Waals surface area contributed by atoms with Crippen molar-refractivity contribution in [1.29, 1.82) is 0 Å². The Balaban J connectivity index is 1.72. The number of ether oxygens (including phenoxy) is 2. The molecule has 2 N–H and O–H groups in total. The predicted molar refractivity (Wildman–Crippen MR) is 99.0 cm³/mol. The molecule has 1 aliphatic heterocycles. The lowest BCUT2D eigenvalue weighted by atomic mass is 10.1. The lowest BCUT2D eigenvalue weighted by molar-refractivity contribution is -0.125. The molecule has 1 atom stereocenters. The molecule has 136 valence electrons. The minimum atomic E-state index is -0.811. The van der Waals surface area contributed by atoms with Crippen molar-refractivity contribution in [2.75, 3.05) is 11.9 Å². The van der Waals surface area contributed by atoms with Crippen molar-refractivity contribution in [2.24, 2.45) is 0 Å². The molecule has 0 saturated heterocycles. The second-order valence-corrected chi connectivity index (χ2v) is 6.58. The summed E-state index contributed by atoms with van der Waals surface area (Å²) in [6.45, 7) is 3.83. The molecule has 0 bridgehead atoms. The highest BCUT2D eigenvalue weighted by atomic mass is 35.5. The van der Waals surface area contributed by atoms with Crippen LogP contribution < -0.4 is 20.1 Å². The van der Waals surface area contributed by atoms with Crippen LogP contribution in [0.15, 0.2) is 42.5 Å². The van der Waals surface area contributed by atoms with Gasteiger partial charge in [0.1, 0.15) is 6.61 Å². The average molecular weight is 375 g/mol. The summed E-state index contributed by atoms with van der Waals surface area (Å²) in [6, 6.07) is 11.9. The van der Waals surface area contributed by atoms with Crippen LogP contribution in [-0.4, -0.2) is 30.6 Å². The van der Waals surface area contributed by atoms with Gasteiger partial charge in [-0.2, -0.15) is 0 Å². The minimum Gasteiger partial charge on any atom is -0.485 e. The number of rotatable bonds is 4. The molecule has 7 heteroatoms. The predicted octanol–water partition coefficient (Wildman–Crippen LogP) is 3.26. The smallest absolute Gasteiger partial charge is 0.269 e. The molecule has 26 heavy (non-hydrogen) atoms. The van der Waals surface area contributed by atoms with Crippen molar-refractivity contribution in [1.82, 2.24) is 5.32 Å². The summed E-state index contributed by atoms with van der Waals surface area (Å²) < 4.78 is 11.2. The van der Waals surface area contributed by atoms with Crippen molar-refractivity contribution < 1.29 is 19.1 Å². The summed E-state index contributed by atoms with van der Waals surface area (Å²) in [4.78, 5) is 24.6. The van der Waals surface area contributed by atoms with Gasteiger partial charge in [-0.05, 0) is 44.2 Å². The maximum atomic E-state index is 12.5. The van der Waals surface area contributed by atoms with Crippen LogP contribution in [0.25, 0.3) is 0 Å². The standard InChI is InChI=1S/C19H19ClN2O4/c1-11(2)21-18(23)12-7-8-13(20)14(9-12)22-19(24)17-10-25-15-5-3-4-6-16(15)26-17/h3-9,11,17H,10H2,1-2H3,(H,21,23)(H,22,24). The van der Waals surface area contributed by atoms with E-state index in [1.54, 1.807) is 30.3 Å². The van der Waals surface area contributed by atoms with Crippen molar-refractivity contribution in [2.45, 2.75) is 26.0 Å². The third kappa shape index (κ3) is 4.08. The second-order valence-electron chi connectivity index (χ2n) is 6.18. The lowest BCUT2D eigenvalue weighted by Crippen LogP contribution is -2.40. The van der Waals surface area contributed by atoms with Gasteiger partial charge in [0, 0.05) is 11.6 Å². The Morgan fingerprint density at radius 2 is 1.88 bits per heavy atom. The van der Waals surface area contributed by atoms with Gasteiger partial charge in [0.25, 0.3) is 11.8 Å². The molecule has 1 heterocycles. The van der Waals surface area contributed by atoms with Crippen LogP contribution in [0.3, 0.4) is 0 Å². The second kappa shape index (κ2) is 7.66. The Morgan fingerprint density at radius 3 is 2.62 bits per heavy atom. The minimum absolute atomic E-state index is 0.00377. The number of fused-ring (bicyclic) bond motifs is 1. The van der Waals surface area contributed by atoms with Gasteiger partial charge in [0.2, 0.25) is 6.10 Å². The third-order valence-electron chi connectivity index (χ3n) is 3.71. The number of amides is 2. The molecule has 0 aromatic heterocycles.